The molecule has 0 unspecified atom stereocenters. The van der Waals surface area contributed by atoms with Gasteiger partial charge < -0.3 is 19.9 Å². The molecule has 0 aromatic carbocycles. The molecule has 7 nitrogen and oxygen atoms in total. The average Bonchev–Trinajstić information content (AvgIpc) is 2.55. The Hall–Kier alpha value is -1.83. The number of nitrogens with one attached hydrogen (secondary N) is 1. The quantitative estimate of drug-likeness (QED) is 0.850. The topological polar surface area (TPSA) is 87.5 Å². The van der Waals surface area contributed by atoms with Gasteiger partial charge in [-0.2, -0.15) is 0 Å². The van der Waals surface area contributed by atoms with Gasteiger partial charge in [0.25, 0.3) is 0 Å². The Morgan fingerprint density at radius 2 is 2.08 bits per heavy atom. The third-order valence-electron chi connectivity index (χ3n) is 3.97. The van der Waals surface area contributed by atoms with Crippen LogP contribution in [0.5, 0.6) is 0 Å². The fraction of sp³-hybridized carbons (Fsp3) is 0.400. The zero-order chi connectivity index (χ0) is 16.6. The summed E-state index contributed by atoms with van der Waals surface area (Å²) < 4.78 is 1.67. The normalized spacial score (nSPS) is 14.5. The van der Waals surface area contributed by atoms with Gasteiger partial charge in [0.15, 0.2) is 0 Å². The predicted molar refractivity (Wildman–Crippen MR) is 96.0 cm³/mol. The van der Waals surface area contributed by atoms with Crippen LogP contribution >= 0.6 is 24.0 Å². The Morgan fingerprint density at radius 1 is 1.42 bits per heavy atom. The molecule has 0 radical (unpaired) electrons. The first-order valence-corrected chi connectivity index (χ1v) is 7.83. The van der Waals surface area contributed by atoms with Crippen molar-refractivity contribution in [1.82, 2.24) is 14.9 Å². The molecule has 0 aliphatic carbocycles. The molecular weight excluding hydrogens is 355 g/mol. The zero-order valence-corrected chi connectivity index (χ0v) is 14.7. The number of hydrogen-bond acceptors (Lipinski definition) is 5. The molecule has 0 saturated carbocycles. The van der Waals surface area contributed by atoms with Crippen LogP contribution in [0.4, 0.5) is 5.82 Å². The Labute approximate surface area is 149 Å². The number of carbonyl (C=O) groups is 1. The summed E-state index contributed by atoms with van der Waals surface area (Å²) in [6.07, 6.45) is 1.34. The van der Waals surface area contributed by atoms with Crippen molar-refractivity contribution in [3.63, 3.8) is 0 Å². The summed E-state index contributed by atoms with van der Waals surface area (Å²) in [5.41, 5.74) is -0.369. The summed E-state index contributed by atoms with van der Waals surface area (Å²) >= 11 is 6.32. The lowest BCUT2D eigenvalue weighted by Gasteiger charge is -2.29. The molecule has 0 bridgehead atoms. The van der Waals surface area contributed by atoms with Crippen molar-refractivity contribution in [2.24, 2.45) is 0 Å². The van der Waals surface area contributed by atoms with Gasteiger partial charge in [-0.05, 0) is 13.0 Å². The van der Waals surface area contributed by atoms with E-state index in [4.69, 9.17) is 11.6 Å². The van der Waals surface area contributed by atoms with Crippen LogP contribution in [0.15, 0.2) is 17.1 Å². The molecule has 2 aromatic heterocycles. The Kier molecular flexibility index (Phi) is 5.69. The molecule has 1 fully saturated rings. The van der Waals surface area contributed by atoms with Crippen LogP contribution in [0.1, 0.15) is 17.3 Å². The van der Waals surface area contributed by atoms with E-state index in [2.05, 4.69) is 15.2 Å². The van der Waals surface area contributed by atoms with Gasteiger partial charge >= 0.3 is 5.97 Å². The van der Waals surface area contributed by atoms with E-state index in [1.165, 1.54) is 12.3 Å². The number of hydrogen-bond donors (Lipinski definition) is 2. The minimum absolute atomic E-state index is 0. The Morgan fingerprint density at radius 3 is 2.67 bits per heavy atom. The third kappa shape index (κ3) is 3.19. The smallest absolute Gasteiger partial charge is 0.341 e. The second-order valence-corrected chi connectivity index (χ2v) is 5.77. The first-order valence-electron chi connectivity index (χ1n) is 7.45. The number of anilines is 1. The predicted octanol–water partition coefficient (Wildman–Crippen LogP) is 1.60. The monoisotopic (exact) mass is 372 g/mol. The molecule has 9 heteroatoms. The van der Waals surface area contributed by atoms with Crippen molar-refractivity contribution in [1.29, 1.82) is 0 Å². The molecule has 0 amide bonds. The van der Waals surface area contributed by atoms with Gasteiger partial charge in [-0.3, -0.25) is 4.79 Å². The van der Waals surface area contributed by atoms with Crippen molar-refractivity contribution >= 4 is 46.8 Å². The minimum Gasteiger partial charge on any atom is -0.477 e. The van der Waals surface area contributed by atoms with Crippen molar-refractivity contribution < 1.29 is 9.90 Å². The first kappa shape index (κ1) is 18.5. The van der Waals surface area contributed by atoms with E-state index >= 15 is 0 Å². The summed E-state index contributed by atoms with van der Waals surface area (Å²) in [7, 11) is 0. The van der Waals surface area contributed by atoms with E-state index in [1.54, 1.807) is 4.57 Å². The van der Waals surface area contributed by atoms with Gasteiger partial charge in [0.2, 0.25) is 5.43 Å². The average molecular weight is 373 g/mol. The lowest BCUT2D eigenvalue weighted by atomic mass is 10.2. The van der Waals surface area contributed by atoms with Gasteiger partial charge in [0, 0.05) is 38.9 Å². The van der Waals surface area contributed by atoms with Gasteiger partial charge in [0.05, 0.1) is 10.4 Å². The summed E-state index contributed by atoms with van der Waals surface area (Å²) in [5, 5.41) is 13.0. The van der Waals surface area contributed by atoms with Crippen LogP contribution in [0.3, 0.4) is 0 Å². The van der Waals surface area contributed by atoms with E-state index in [1.807, 2.05) is 6.92 Å². The van der Waals surface area contributed by atoms with Crippen molar-refractivity contribution in [3.05, 3.63) is 33.1 Å². The van der Waals surface area contributed by atoms with Crippen molar-refractivity contribution in [2.45, 2.75) is 13.5 Å². The molecule has 1 aliphatic heterocycles. The fourth-order valence-corrected chi connectivity index (χ4v) is 3.04. The number of aromatic nitrogens is 2. The van der Waals surface area contributed by atoms with Crippen molar-refractivity contribution in [2.75, 3.05) is 31.1 Å². The molecular formula is C15H18Cl2N4O3. The molecule has 3 heterocycles. The van der Waals surface area contributed by atoms with E-state index in [0.717, 1.165) is 26.2 Å². The Bertz CT molecular complexity index is 832. The van der Waals surface area contributed by atoms with Crippen LogP contribution in [0, 0.1) is 0 Å². The molecule has 1 saturated heterocycles. The third-order valence-corrected chi connectivity index (χ3v) is 4.25. The number of pyridine rings is 2. The maximum Gasteiger partial charge on any atom is 0.341 e. The van der Waals surface area contributed by atoms with Crippen LogP contribution < -0.4 is 15.6 Å². The van der Waals surface area contributed by atoms with E-state index in [9.17, 15) is 14.7 Å². The molecule has 0 atom stereocenters. The highest BCUT2D eigenvalue weighted by atomic mass is 35.5. The number of fused-ring (bicyclic) bond motifs is 1. The van der Waals surface area contributed by atoms with Crippen LogP contribution in [-0.4, -0.2) is 46.8 Å². The van der Waals surface area contributed by atoms with Gasteiger partial charge in [-0.25, -0.2) is 9.78 Å². The molecule has 2 N–H and O–H groups in total. The second kappa shape index (κ2) is 7.38. The van der Waals surface area contributed by atoms with Crippen LogP contribution in [0.25, 0.3) is 11.0 Å². The number of rotatable bonds is 3. The van der Waals surface area contributed by atoms with E-state index in [0.29, 0.717) is 23.0 Å². The number of carboxylic acid groups (broad SMARTS) is 1. The van der Waals surface area contributed by atoms with Gasteiger partial charge in [0.1, 0.15) is 17.0 Å². The summed E-state index contributed by atoms with van der Waals surface area (Å²) in [4.78, 5) is 30.2. The highest BCUT2D eigenvalue weighted by Crippen LogP contribution is 2.27. The minimum atomic E-state index is -1.25. The molecule has 2 aromatic rings. The largest absolute Gasteiger partial charge is 0.477 e. The first-order chi connectivity index (χ1) is 11.0. The SMILES string of the molecule is CCn1cc(C(=O)O)c(=O)c2cc(Cl)c(N3CCNCC3)nc21.Cl. The highest BCUT2D eigenvalue weighted by molar-refractivity contribution is 6.33. The maximum absolute atomic E-state index is 12.4. The second-order valence-electron chi connectivity index (χ2n) is 5.37. The molecule has 24 heavy (non-hydrogen) atoms. The summed E-state index contributed by atoms with van der Waals surface area (Å²) in [5.74, 6) is -0.619. The Balaban J connectivity index is 0.00000208. The standard InChI is InChI=1S/C15H17ClN4O3.ClH/c1-2-19-8-10(15(22)23)12(21)9-7-11(16)14(18-13(9)19)20-5-3-17-4-6-20;/h7-8,17H,2-6H2,1H3,(H,22,23);1H. The van der Waals surface area contributed by atoms with Gasteiger partial charge in [-0.1, -0.05) is 11.6 Å². The lowest BCUT2D eigenvalue weighted by molar-refractivity contribution is 0.0695. The number of nitrogens with zero attached hydrogens (tertiary/aromatic N) is 3. The lowest BCUT2D eigenvalue weighted by Crippen LogP contribution is -2.44. The van der Waals surface area contributed by atoms with Gasteiger partial charge in [-0.15, -0.1) is 12.4 Å². The van der Waals surface area contributed by atoms with Crippen LogP contribution in [0.2, 0.25) is 5.02 Å². The number of halogens is 2. The summed E-state index contributed by atoms with van der Waals surface area (Å²) in [6, 6.07) is 1.53. The maximum atomic E-state index is 12.4. The number of aryl methyl sites for hydroxylation is 1. The van der Waals surface area contributed by atoms with Crippen LogP contribution in [-0.2, 0) is 6.54 Å². The molecule has 3 rings (SSSR count). The zero-order valence-electron chi connectivity index (χ0n) is 13.1. The number of aromatic carboxylic acids is 1. The van der Waals surface area contributed by atoms with Crippen molar-refractivity contribution in [3.8, 4) is 0 Å². The number of carboxylic acids is 1. The fourth-order valence-electron chi connectivity index (χ4n) is 2.77. The molecule has 0 spiro atoms. The summed E-state index contributed by atoms with van der Waals surface area (Å²) in [6.45, 7) is 5.62. The highest BCUT2D eigenvalue weighted by Gasteiger charge is 2.20. The van der Waals surface area contributed by atoms with E-state index < -0.39 is 11.4 Å². The molecule has 130 valence electrons. The van der Waals surface area contributed by atoms with E-state index in [-0.39, 0.29) is 23.4 Å². The number of piperazine rings is 1. The molecule has 1 aliphatic rings.